The molecule has 200 valence electrons. The molecule has 38 heavy (non-hydrogen) atoms. The third-order valence-electron chi connectivity index (χ3n) is 7.18. The SMILES string of the molecule is O=C(CN1CCc2sccc2[C@@H]1c1ccc(Cl)cc1)N1CCCN(C(=O)c2ccc(C(F)(F)F)cc2)CC1. The first-order valence-corrected chi connectivity index (χ1v) is 13.8. The minimum absolute atomic E-state index is 0.00599. The minimum atomic E-state index is -4.45. The zero-order valence-corrected chi connectivity index (χ0v) is 22.2. The smallest absolute Gasteiger partial charge is 0.340 e. The van der Waals surface area contributed by atoms with Crippen LogP contribution in [0.5, 0.6) is 0 Å². The Bertz CT molecular complexity index is 1290. The number of hydrogen-bond donors (Lipinski definition) is 0. The number of amides is 2. The molecule has 1 aromatic heterocycles. The van der Waals surface area contributed by atoms with Crippen molar-refractivity contribution < 1.29 is 22.8 Å². The number of alkyl halides is 3. The predicted molar refractivity (Wildman–Crippen MR) is 141 cm³/mol. The lowest BCUT2D eigenvalue weighted by molar-refractivity contribution is -0.137. The first-order chi connectivity index (χ1) is 18.2. The van der Waals surface area contributed by atoms with Crippen molar-refractivity contribution in [1.29, 1.82) is 0 Å². The van der Waals surface area contributed by atoms with Gasteiger partial charge in [0.15, 0.2) is 0 Å². The van der Waals surface area contributed by atoms with Gasteiger partial charge in [-0.25, -0.2) is 0 Å². The van der Waals surface area contributed by atoms with Gasteiger partial charge in [-0.15, -0.1) is 11.3 Å². The third kappa shape index (κ3) is 5.75. The first-order valence-electron chi connectivity index (χ1n) is 12.5. The second-order valence-corrected chi connectivity index (χ2v) is 11.0. The molecule has 3 aromatic rings. The van der Waals surface area contributed by atoms with Crippen LogP contribution in [0.2, 0.25) is 5.02 Å². The number of hydrogen-bond acceptors (Lipinski definition) is 4. The highest BCUT2D eigenvalue weighted by molar-refractivity contribution is 7.10. The maximum atomic E-state index is 13.4. The van der Waals surface area contributed by atoms with Gasteiger partial charge in [-0.05, 0) is 71.8 Å². The molecular weight excluding hydrogens is 535 g/mol. The normalized spacial score (nSPS) is 18.7. The third-order valence-corrected chi connectivity index (χ3v) is 8.43. The molecule has 2 amide bonds. The number of halogens is 4. The molecule has 5 rings (SSSR count). The number of carbonyl (C=O) groups is 2. The van der Waals surface area contributed by atoms with Crippen LogP contribution in [0.3, 0.4) is 0 Å². The van der Waals surface area contributed by atoms with E-state index in [0.29, 0.717) is 37.6 Å². The van der Waals surface area contributed by atoms with Crippen molar-refractivity contribution in [3.05, 3.63) is 92.1 Å². The Kier molecular flexibility index (Phi) is 7.79. The number of thiophene rings is 1. The molecule has 2 aliphatic rings. The summed E-state index contributed by atoms with van der Waals surface area (Å²) in [6.45, 7) is 2.71. The number of benzene rings is 2. The zero-order valence-electron chi connectivity index (χ0n) is 20.6. The van der Waals surface area contributed by atoms with Crippen LogP contribution >= 0.6 is 22.9 Å². The number of rotatable bonds is 4. The molecule has 0 aliphatic carbocycles. The Balaban J connectivity index is 1.24. The minimum Gasteiger partial charge on any atom is -0.340 e. The van der Waals surface area contributed by atoms with Crippen molar-refractivity contribution in [2.45, 2.75) is 25.1 Å². The van der Waals surface area contributed by atoms with Crippen LogP contribution in [0.25, 0.3) is 0 Å². The molecule has 0 saturated carbocycles. The van der Waals surface area contributed by atoms with Crippen molar-refractivity contribution in [1.82, 2.24) is 14.7 Å². The highest BCUT2D eigenvalue weighted by atomic mass is 35.5. The fourth-order valence-electron chi connectivity index (χ4n) is 5.20. The van der Waals surface area contributed by atoms with Gasteiger partial charge >= 0.3 is 6.18 Å². The monoisotopic (exact) mass is 561 g/mol. The van der Waals surface area contributed by atoms with Crippen LogP contribution in [-0.2, 0) is 17.4 Å². The van der Waals surface area contributed by atoms with E-state index in [2.05, 4.69) is 16.3 Å². The number of carbonyl (C=O) groups excluding carboxylic acids is 2. The quantitative estimate of drug-likeness (QED) is 0.408. The maximum absolute atomic E-state index is 13.4. The van der Waals surface area contributed by atoms with Gasteiger partial charge < -0.3 is 9.80 Å². The van der Waals surface area contributed by atoms with Gasteiger partial charge in [0.2, 0.25) is 5.91 Å². The molecule has 0 radical (unpaired) electrons. The Morgan fingerprint density at radius 1 is 0.895 bits per heavy atom. The topological polar surface area (TPSA) is 43.9 Å². The summed E-state index contributed by atoms with van der Waals surface area (Å²) in [5.74, 6) is -0.316. The second kappa shape index (κ2) is 11.1. The largest absolute Gasteiger partial charge is 0.416 e. The highest BCUT2D eigenvalue weighted by Gasteiger charge is 2.33. The van der Waals surface area contributed by atoms with Crippen LogP contribution in [0.15, 0.2) is 60.0 Å². The molecule has 1 atom stereocenters. The van der Waals surface area contributed by atoms with Gasteiger partial charge in [-0.1, -0.05) is 23.7 Å². The molecule has 0 N–H and O–H groups in total. The van der Waals surface area contributed by atoms with Gasteiger partial charge in [0.05, 0.1) is 18.2 Å². The zero-order chi connectivity index (χ0) is 26.9. The van der Waals surface area contributed by atoms with Crippen molar-refractivity contribution in [2.24, 2.45) is 0 Å². The molecule has 10 heteroatoms. The molecule has 1 saturated heterocycles. The standard InChI is InChI=1S/C28H27ClF3N3O2S/c29-22-8-4-19(5-9-22)26-23-11-17-38-24(23)10-14-35(26)18-25(36)33-12-1-13-34(16-15-33)27(37)20-2-6-21(7-3-20)28(30,31)32/h2-9,11,17,26H,1,10,12-16,18H2/t26-/m0/s1. The van der Waals surface area contributed by atoms with Crippen molar-refractivity contribution >= 4 is 34.8 Å². The summed E-state index contributed by atoms with van der Waals surface area (Å²) >= 11 is 7.86. The van der Waals surface area contributed by atoms with Crippen molar-refractivity contribution in [3.63, 3.8) is 0 Å². The Labute approximate surface area is 228 Å². The van der Waals surface area contributed by atoms with Crippen molar-refractivity contribution in [3.8, 4) is 0 Å². The lowest BCUT2D eigenvalue weighted by Crippen LogP contribution is -2.45. The molecule has 0 bridgehead atoms. The molecule has 0 unspecified atom stereocenters. The summed E-state index contributed by atoms with van der Waals surface area (Å²) in [5, 5.41) is 2.76. The Hall–Kier alpha value is -2.88. The molecule has 2 aliphatic heterocycles. The van der Waals surface area contributed by atoms with Crippen LogP contribution in [-0.4, -0.2) is 65.8 Å². The summed E-state index contributed by atoms with van der Waals surface area (Å²) < 4.78 is 38.6. The number of fused-ring (bicyclic) bond motifs is 1. The maximum Gasteiger partial charge on any atom is 0.416 e. The summed E-state index contributed by atoms with van der Waals surface area (Å²) in [5.41, 5.74) is 1.74. The van der Waals surface area contributed by atoms with E-state index < -0.39 is 11.7 Å². The van der Waals surface area contributed by atoms with Crippen molar-refractivity contribution in [2.75, 3.05) is 39.3 Å². The van der Waals surface area contributed by atoms with Gasteiger partial charge in [0, 0.05) is 48.2 Å². The fraction of sp³-hybridized carbons (Fsp3) is 0.357. The summed E-state index contributed by atoms with van der Waals surface area (Å²) in [6, 6.07) is 14.1. The molecule has 0 spiro atoms. The highest BCUT2D eigenvalue weighted by Crippen LogP contribution is 2.38. The van der Waals surface area contributed by atoms with E-state index in [1.54, 1.807) is 21.1 Å². The van der Waals surface area contributed by atoms with Crippen LogP contribution in [0.1, 0.15) is 44.4 Å². The molecule has 2 aromatic carbocycles. The Morgan fingerprint density at radius 3 is 2.29 bits per heavy atom. The summed E-state index contributed by atoms with van der Waals surface area (Å²) in [7, 11) is 0. The average molecular weight is 562 g/mol. The van der Waals surface area contributed by atoms with Gasteiger partial charge in [0.1, 0.15) is 0 Å². The van der Waals surface area contributed by atoms with E-state index in [-0.39, 0.29) is 30.0 Å². The lowest BCUT2D eigenvalue weighted by atomic mass is 9.93. The van der Waals surface area contributed by atoms with E-state index in [1.807, 2.05) is 24.3 Å². The van der Waals surface area contributed by atoms with Crippen LogP contribution in [0.4, 0.5) is 13.2 Å². The van der Waals surface area contributed by atoms with Crippen LogP contribution in [0, 0.1) is 0 Å². The molecular formula is C28H27ClF3N3O2S. The van der Waals surface area contributed by atoms with Gasteiger partial charge in [-0.2, -0.15) is 13.2 Å². The van der Waals surface area contributed by atoms with Gasteiger partial charge in [-0.3, -0.25) is 14.5 Å². The molecule has 5 nitrogen and oxygen atoms in total. The predicted octanol–water partition coefficient (Wildman–Crippen LogP) is 5.74. The average Bonchev–Trinajstić information content (AvgIpc) is 3.24. The van der Waals surface area contributed by atoms with E-state index in [9.17, 15) is 22.8 Å². The van der Waals surface area contributed by atoms with Gasteiger partial charge in [0.25, 0.3) is 5.91 Å². The molecule has 1 fully saturated rings. The second-order valence-electron chi connectivity index (χ2n) is 9.58. The summed E-state index contributed by atoms with van der Waals surface area (Å²) in [4.78, 5) is 33.3. The molecule has 3 heterocycles. The first kappa shape index (κ1) is 26.7. The summed E-state index contributed by atoms with van der Waals surface area (Å²) in [6.07, 6.45) is -2.95. The Morgan fingerprint density at radius 2 is 1.58 bits per heavy atom. The van der Waals surface area contributed by atoms with E-state index in [1.165, 1.54) is 22.6 Å². The number of nitrogens with zero attached hydrogens (tertiary/aromatic N) is 3. The van der Waals surface area contributed by atoms with E-state index >= 15 is 0 Å². The fourth-order valence-corrected chi connectivity index (χ4v) is 6.23. The van der Waals surface area contributed by atoms with E-state index in [4.69, 9.17) is 11.6 Å². The van der Waals surface area contributed by atoms with E-state index in [0.717, 1.165) is 30.7 Å². The van der Waals surface area contributed by atoms with Crippen LogP contribution < -0.4 is 0 Å². The lowest BCUT2D eigenvalue weighted by Gasteiger charge is -2.37.